The Labute approximate surface area is 146 Å². The second-order valence-electron chi connectivity index (χ2n) is 7.75. The number of hydrogen-bond donors (Lipinski definition) is 1. The van der Waals surface area contributed by atoms with E-state index in [1.165, 1.54) is 28.8 Å². The first kappa shape index (κ1) is 13.8. The van der Waals surface area contributed by atoms with E-state index in [1.54, 1.807) is 6.92 Å². The number of rotatable bonds is 1. The Balaban J connectivity index is 1.51. The second-order valence-corrected chi connectivity index (χ2v) is 7.75. The van der Waals surface area contributed by atoms with E-state index < -0.39 is 0 Å². The topological polar surface area (TPSA) is 47.6 Å². The lowest BCUT2D eigenvalue weighted by atomic mass is 9.74. The van der Waals surface area contributed by atoms with Crippen molar-refractivity contribution in [3.63, 3.8) is 0 Å². The van der Waals surface area contributed by atoms with E-state index in [4.69, 9.17) is 9.47 Å². The van der Waals surface area contributed by atoms with Gasteiger partial charge in [0.1, 0.15) is 0 Å². The Kier molecular flexibility index (Phi) is 2.51. The van der Waals surface area contributed by atoms with Gasteiger partial charge in [0, 0.05) is 11.3 Å². The van der Waals surface area contributed by atoms with Crippen LogP contribution in [0.1, 0.15) is 64.7 Å². The van der Waals surface area contributed by atoms with Gasteiger partial charge in [0.25, 0.3) is 0 Å². The molecule has 1 saturated carbocycles. The van der Waals surface area contributed by atoms with Crippen molar-refractivity contribution in [2.24, 2.45) is 5.92 Å². The Hall–Kier alpha value is -2.49. The maximum atomic E-state index is 11.8. The highest BCUT2D eigenvalue weighted by Crippen LogP contribution is 2.62. The molecule has 0 saturated heterocycles. The average molecular weight is 333 g/mol. The number of anilines is 1. The van der Waals surface area contributed by atoms with Crippen LogP contribution in [0.3, 0.4) is 0 Å². The summed E-state index contributed by atoms with van der Waals surface area (Å²) < 4.78 is 11.2. The molecule has 0 radical (unpaired) electrons. The maximum Gasteiger partial charge on any atom is 0.231 e. The van der Waals surface area contributed by atoms with Gasteiger partial charge in [-0.1, -0.05) is 0 Å². The Bertz CT molecular complexity index is 935. The molecule has 4 nitrogen and oxygen atoms in total. The van der Waals surface area contributed by atoms with Crippen LogP contribution >= 0.6 is 0 Å². The van der Waals surface area contributed by atoms with Crippen molar-refractivity contribution in [3.05, 3.63) is 52.6 Å². The monoisotopic (exact) mass is 333 g/mol. The standard InChI is InChI=1S/C21H19NO3/c1-10(23)11-2-3-18-15(4-11)14-5-12-6-16(14)21(22-18)17-8-20-19(7-13(12)17)24-9-25-20/h2-4,7-8,12,14,16,21-22H,5-6,9H2,1H3/t12?,14-,16-,21?/m0/s1. The molecule has 4 heteroatoms. The Morgan fingerprint density at radius 3 is 2.64 bits per heavy atom. The summed E-state index contributed by atoms with van der Waals surface area (Å²) in [6.07, 6.45) is 2.36. The molecule has 1 N–H and O–H groups in total. The molecule has 2 bridgehead atoms. The normalized spacial score (nSPS) is 29.6. The van der Waals surface area contributed by atoms with Crippen LogP contribution in [-0.4, -0.2) is 12.6 Å². The Morgan fingerprint density at radius 2 is 1.84 bits per heavy atom. The molecule has 126 valence electrons. The van der Waals surface area contributed by atoms with Gasteiger partial charge < -0.3 is 14.8 Å². The summed E-state index contributed by atoms with van der Waals surface area (Å²) in [6.45, 7) is 1.97. The van der Waals surface area contributed by atoms with Crippen LogP contribution in [0.15, 0.2) is 30.3 Å². The number of carbonyl (C=O) groups is 1. The van der Waals surface area contributed by atoms with E-state index in [0.717, 1.165) is 23.5 Å². The summed E-state index contributed by atoms with van der Waals surface area (Å²) in [7, 11) is 0. The van der Waals surface area contributed by atoms with E-state index in [0.29, 0.717) is 30.6 Å². The van der Waals surface area contributed by atoms with Crippen LogP contribution in [0, 0.1) is 5.92 Å². The van der Waals surface area contributed by atoms with Crippen molar-refractivity contribution in [2.45, 2.75) is 37.6 Å². The molecule has 2 aromatic carbocycles. The summed E-state index contributed by atoms with van der Waals surface area (Å²) in [5, 5.41) is 3.76. The van der Waals surface area contributed by atoms with E-state index >= 15 is 0 Å². The third-order valence-corrected chi connectivity index (χ3v) is 6.56. The lowest BCUT2D eigenvalue weighted by molar-refractivity contribution is 0.101. The summed E-state index contributed by atoms with van der Waals surface area (Å²) in [5.74, 6) is 3.58. The predicted octanol–water partition coefficient (Wildman–Crippen LogP) is 4.38. The highest BCUT2D eigenvalue weighted by atomic mass is 16.7. The average Bonchev–Trinajstić information content (AvgIpc) is 3.24. The molecule has 2 aliphatic carbocycles. The largest absolute Gasteiger partial charge is 0.454 e. The van der Waals surface area contributed by atoms with Crippen molar-refractivity contribution in [1.29, 1.82) is 0 Å². The molecular formula is C21H19NO3. The molecule has 4 aliphatic rings. The van der Waals surface area contributed by atoms with Gasteiger partial charge in [-0.05, 0) is 84.5 Å². The number of carbonyl (C=O) groups excluding carboxylic acids is 1. The molecule has 2 aliphatic heterocycles. The zero-order chi connectivity index (χ0) is 16.7. The lowest BCUT2D eigenvalue weighted by Gasteiger charge is -2.39. The van der Waals surface area contributed by atoms with Crippen LogP contribution in [0.4, 0.5) is 5.69 Å². The summed E-state index contributed by atoms with van der Waals surface area (Å²) in [4.78, 5) is 11.8. The zero-order valence-corrected chi connectivity index (χ0v) is 14.0. The minimum Gasteiger partial charge on any atom is -0.454 e. The molecule has 4 atom stereocenters. The van der Waals surface area contributed by atoms with Crippen molar-refractivity contribution >= 4 is 11.5 Å². The molecule has 0 amide bonds. The summed E-state index contributed by atoms with van der Waals surface area (Å²) in [6, 6.07) is 10.8. The molecule has 1 fully saturated rings. The highest BCUT2D eigenvalue weighted by Gasteiger charge is 2.49. The highest BCUT2D eigenvalue weighted by molar-refractivity contribution is 5.95. The number of ketones is 1. The van der Waals surface area contributed by atoms with Gasteiger partial charge in [0.05, 0.1) is 6.04 Å². The Morgan fingerprint density at radius 1 is 1.04 bits per heavy atom. The summed E-state index contributed by atoms with van der Waals surface area (Å²) >= 11 is 0. The lowest BCUT2D eigenvalue weighted by Crippen LogP contribution is -2.30. The first-order valence-electron chi connectivity index (χ1n) is 9.04. The maximum absolute atomic E-state index is 11.8. The van der Waals surface area contributed by atoms with Crippen LogP contribution in [0.5, 0.6) is 11.5 Å². The van der Waals surface area contributed by atoms with E-state index in [-0.39, 0.29) is 5.78 Å². The fourth-order valence-electron chi connectivity index (χ4n) is 5.45. The van der Waals surface area contributed by atoms with Crippen molar-refractivity contribution < 1.29 is 14.3 Å². The number of benzene rings is 2. The van der Waals surface area contributed by atoms with Gasteiger partial charge in [-0.2, -0.15) is 0 Å². The van der Waals surface area contributed by atoms with Crippen molar-refractivity contribution in [1.82, 2.24) is 0 Å². The van der Waals surface area contributed by atoms with E-state index in [1.807, 2.05) is 6.07 Å². The molecule has 2 heterocycles. The van der Waals surface area contributed by atoms with Crippen molar-refractivity contribution in [2.75, 3.05) is 12.1 Å². The smallest absolute Gasteiger partial charge is 0.231 e. The predicted molar refractivity (Wildman–Crippen MR) is 93.6 cm³/mol. The minimum atomic E-state index is 0.139. The third-order valence-electron chi connectivity index (χ3n) is 6.56. The van der Waals surface area contributed by atoms with Gasteiger partial charge in [0.2, 0.25) is 6.79 Å². The van der Waals surface area contributed by atoms with Crippen LogP contribution < -0.4 is 14.8 Å². The number of hydrogen-bond acceptors (Lipinski definition) is 4. The second kappa shape index (κ2) is 4.57. The molecule has 0 aromatic heterocycles. The van der Waals surface area contributed by atoms with Crippen molar-refractivity contribution in [3.8, 4) is 11.5 Å². The SMILES string of the molecule is CC(=O)c1ccc2c(c1)[C@@H]1CC3C[C@@H]1C(N2)c1cc2c(cc13)OCO2. The van der Waals surface area contributed by atoms with Gasteiger partial charge in [-0.25, -0.2) is 0 Å². The molecule has 25 heavy (non-hydrogen) atoms. The number of nitrogens with one attached hydrogen (secondary N) is 1. The number of Topliss-reactive ketones (excluding diaryl/α,β-unsaturated/α-hetero) is 1. The molecular weight excluding hydrogens is 314 g/mol. The van der Waals surface area contributed by atoms with Crippen LogP contribution in [0.2, 0.25) is 0 Å². The first-order valence-corrected chi connectivity index (χ1v) is 9.04. The molecule has 2 unspecified atom stereocenters. The number of ether oxygens (including phenoxy) is 2. The third kappa shape index (κ3) is 1.74. The molecule has 2 aromatic rings. The fraction of sp³-hybridized carbons (Fsp3) is 0.381. The van der Waals surface area contributed by atoms with Gasteiger partial charge in [-0.15, -0.1) is 0 Å². The van der Waals surface area contributed by atoms with Gasteiger partial charge in [-0.3, -0.25) is 4.79 Å². The molecule has 0 spiro atoms. The quantitative estimate of drug-likeness (QED) is 0.787. The van der Waals surface area contributed by atoms with Crippen LogP contribution in [-0.2, 0) is 0 Å². The number of fused-ring (bicyclic) bond motifs is 7. The minimum absolute atomic E-state index is 0.139. The first-order chi connectivity index (χ1) is 12.2. The fourth-order valence-corrected chi connectivity index (χ4v) is 5.45. The van der Waals surface area contributed by atoms with Crippen LogP contribution in [0.25, 0.3) is 0 Å². The summed E-state index contributed by atoms with van der Waals surface area (Å²) in [5.41, 5.74) is 6.11. The van der Waals surface area contributed by atoms with Gasteiger partial charge in [0.15, 0.2) is 17.3 Å². The van der Waals surface area contributed by atoms with E-state index in [2.05, 4.69) is 29.6 Å². The molecule has 6 rings (SSSR count). The zero-order valence-electron chi connectivity index (χ0n) is 14.0. The van der Waals surface area contributed by atoms with Gasteiger partial charge >= 0.3 is 0 Å². The van der Waals surface area contributed by atoms with E-state index in [9.17, 15) is 4.79 Å².